The van der Waals surface area contributed by atoms with Crippen LogP contribution in [0.1, 0.15) is 13.3 Å². The summed E-state index contributed by atoms with van der Waals surface area (Å²) in [6.07, 6.45) is 1.16. The molecular weight excluding hydrogens is 208 g/mol. The fourth-order valence-corrected chi connectivity index (χ4v) is 1.93. The monoisotopic (exact) mass is 228 g/mol. The van der Waals surface area contributed by atoms with Crippen LogP contribution in [-0.4, -0.2) is 41.1 Å². The molecule has 1 rings (SSSR count). The molecule has 0 aromatic carbocycles. The smallest absolute Gasteiger partial charge is 0.122 e. The van der Waals surface area contributed by atoms with Gasteiger partial charge in [-0.3, -0.25) is 0 Å². The molecule has 0 radical (unpaired) electrons. The number of nitrogens with two attached hydrogens (primary N) is 1. The first-order valence-electron chi connectivity index (χ1n) is 5.24. The summed E-state index contributed by atoms with van der Waals surface area (Å²) in [6.45, 7) is 3.98. The van der Waals surface area contributed by atoms with E-state index in [1.54, 1.807) is 11.8 Å². The van der Waals surface area contributed by atoms with Crippen LogP contribution in [0.2, 0.25) is 0 Å². The fourth-order valence-electron chi connectivity index (χ4n) is 1.16. The summed E-state index contributed by atoms with van der Waals surface area (Å²) in [4.78, 5) is 2.12. The van der Waals surface area contributed by atoms with Gasteiger partial charge in [0.1, 0.15) is 10.8 Å². The fraction of sp³-hybridized carbons (Fsp3) is 0.700. The topological polar surface area (TPSA) is 47.1 Å². The maximum absolute atomic E-state index is 5.87. The van der Waals surface area contributed by atoms with E-state index in [0.29, 0.717) is 0 Å². The second kappa shape index (κ2) is 6.02. The summed E-state index contributed by atoms with van der Waals surface area (Å²) in [5, 5.41) is 5.48. The van der Waals surface area contributed by atoms with Crippen LogP contribution in [-0.2, 0) is 6.54 Å². The number of aromatic nitrogens is 2. The highest BCUT2D eigenvalue weighted by Gasteiger charge is 2.04. The lowest BCUT2D eigenvalue weighted by molar-refractivity contribution is 0.373. The van der Waals surface area contributed by atoms with Crippen molar-refractivity contribution in [1.82, 2.24) is 14.7 Å². The van der Waals surface area contributed by atoms with Crippen molar-refractivity contribution in [2.45, 2.75) is 24.9 Å². The third-order valence-corrected chi connectivity index (χ3v) is 3.11. The summed E-state index contributed by atoms with van der Waals surface area (Å²) < 4.78 is 1.87. The van der Waals surface area contributed by atoms with Gasteiger partial charge in [-0.05, 0) is 26.3 Å². The number of hydrogen-bond donors (Lipinski definition) is 1. The lowest BCUT2D eigenvalue weighted by Gasteiger charge is -2.09. The van der Waals surface area contributed by atoms with E-state index in [9.17, 15) is 0 Å². The quantitative estimate of drug-likeness (QED) is 0.750. The average molecular weight is 228 g/mol. The Bertz CT molecular complexity index is 296. The zero-order chi connectivity index (χ0) is 11.3. The van der Waals surface area contributed by atoms with E-state index >= 15 is 0 Å². The van der Waals surface area contributed by atoms with Crippen molar-refractivity contribution in [3.8, 4) is 0 Å². The highest BCUT2D eigenvalue weighted by molar-refractivity contribution is 7.99. The van der Waals surface area contributed by atoms with Gasteiger partial charge in [-0.2, -0.15) is 5.10 Å². The van der Waals surface area contributed by atoms with Crippen LogP contribution in [0.3, 0.4) is 0 Å². The Hall–Kier alpha value is -0.680. The summed E-state index contributed by atoms with van der Waals surface area (Å²) in [6, 6.07) is 1.95. The van der Waals surface area contributed by atoms with Gasteiger partial charge in [0, 0.05) is 12.6 Å². The van der Waals surface area contributed by atoms with Crippen molar-refractivity contribution in [1.29, 1.82) is 0 Å². The third kappa shape index (κ3) is 4.13. The van der Waals surface area contributed by atoms with Gasteiger partial charge in [-0.1, -0.05) is 6.92 Å². The molecule has 0 aliphatic heterocycles. The number of anilines is 1. The van der Waals surface area contributed by atoms with Gasteiger partial charge in [0.2, 0.25) is 0 Å². The molecule has 5 heteroatoms. The molecule has 0 saturated heterocycles. The molecule has 4 nitrogen and oxygen atoms in total. The number of hydrogen-bond acceptors (Lipinski definition) is 4. The molecule has 15 heavy (non-hydrogen) atoms. The van der Waals surface area contributed by atoms with Gasteiger partial charge >= 0.3 is 0 Å². The van der Waals surface area contributed by atoms with Gasteiger partial charge in [0.05, 0.1) is 6.54 Å². The molecule has 0 bridgehead atoms. The zero-order valence-electron chi connectivity index (χ0n) is 9.73. The first-order chi connectivity index (χ1) is 7.13. The number of nitrogen functional groups attached to an aromatic ring is 1. The van der Waals surface area contributed by atoms with Crippen LogP contribution >= 0.6 is 11.8 Å². The lowest BCUT2D eigenvalue weighted by atomic mass is 10.5. The van der Waals surface area contributed by atoms with Gasteiger partial charge in [0.15, 0.2) is 0 Å². The molecule has 0 atom stereocenters. The van der Waals surface area contributed by atoms with E-state index in [1.807, 2.05) is 24.8 Å². The van der Waals surface area contributed by atoms with Crippen molar-refractivity contribution in [3.63, 3.8) is 0 Å². The molecule has 0 spiro atoms. The zero-order valence-corrected chi connectivity index (χ0v) is 10.5. The van der Waals surface area contributed by atoms with Crippen LogP contribution in [0.5, 0.6) is 0 Å². The average Bonchev–Trinajstić information content (AvgIpc) is 2.53. The van der Waals surface area contributed by atoms with Gasteiger partial charge in [0.25, 0.3) is 0 Å². The van der Waals surface area contributed by atoms with Crippen LogP contribution in [0.4, 0.5) is 5.82 Å². The van der Waals surface area contributed by atoms with Crippen molar-refractivity contribution < 1.29 is 0 Å². The lowest BCUT2D eigenvalue weighted by Crippen LogP contribution is -2.19. The van der Waals surface area contributed by atoms with Gasteiger partial charge in [-0.25, -0.2) is 4.68 Å². The van der Waals surface area contributed by atoms with Crippen molar-refractivity contribution >= 4 is 17.6 Å². The summed E-state index contributed by atoms with van der Waals surface area (Å²) in [7, 11) is 4.10. The Morgan fingerprint density at radius 2 is 2.27 bits per heavy atom. The molecule has 0 saturated carbocycles. The molecular formula is C10H20N4S. The maximum Gasteiger partial charge on any atom is 0.122 e. The molecule has 86 valence electrons. The second-order valence-electron chi connectivity index (χ2n) is 3.78. The Kier molecular flexibility index (Phi) is 4.98. The van der Waals surface area contributed by atoms with E-state index in [4.69, 9.17) is 5.73 Å². The van der Waals surface area contributed by atoms with Crippen LogP contribution in [0.25, 0.3) is 0 Å². The molecule has 0 fully saturated rings. The van der Waals surface area contributed by atoms with E-state index in [0.717, 1.165) is 36.1 Å². The summed E-state index contributed by atoms with van der Waals surface area (Å²) in [5.41, 5.74) is 5.87. The molecule has 1 aromatic rings. The first kappa shape index (κ1) is 12.4. The molecule has 1 heterocycles. The second-order valence-corrected chi connectivity index (χ2v) is 4.90. The molecule has 0 aliphatic rings. The highest BCUT2D eigenvalue weighted by Crippen LogP contribution is 2.19. The third-order valence-electron chi connectivity index (χ3n) is 2.00. The van der Waals surface area contributed by atoms with E-state index in [2.05, 4.69) is 16.9 Å². The van der Waals surface area contributed by atoms with Crippen molar-refractivity contribution in [3.05, 3.63) is 6.07 Å². The minimum Gasteiger partial charge on any atom is -0.384 e. The van der Waals surface area contributed by atoms with Gasteiger partial charge in [-0.15, -0.1) is 11.8 Å². The first-order valence-corrected chi connectivity index (χ1v) is 6.23. The minimum absolute atomic E-state index is 0.760. The minimum atomic E-state index is 0.760. The number of nitrogens with zero attached hydrogens (tertiary/aromatic N) is 3. The standard InChI is InChI=1S/C10H20N4S/c1-4-7-15-10-8-9(11)14(12-10)6-5-13(2)3/h8H,4-7,11H2,1-3H3. The predicted molar refractivity (Wildman–Crippen MR) is 66.2 cm³/mol. The normalized spacial score (nSPS) is 11.2. The van der Waals surface area contributed by atoms with Crippen LogP contribution in [0, 0.1) is 0 Å². The Morgan fingerprint density at radius 3 is 2.87 bits per heavy atom. The number of thioether (sulfide) groups is 1. The van der Waals surface area contributed by atoms with Crippen molar-refractivity contribution in [2.24, 2.45) is 0 Å². The number of likely N-dealkylation sites (N-methyl/N-ethyl adjacent to an activating group) is 1. The summed E-state index contributed by atoms with van der Waals surface area (Å²) in [5.74, 6) is 1.86. The van der Waals surface area contributed by atoms with E-state index in [1.165, 1.54) is 0 Å². The highest BCUT2D eigenvalue weighted by atomic mass is 32.2. The molecule has 0 unspecified atom stereocenters. The molecule has 0 amide bonds. The number of rotatable bonds is 6. The maximum atomic E-state index is 5.87. The van der Waals surface area contributed by atoms with E-state index in [-0.39, 0.29) is 0 Å². The Labute approximate surface area is 95.8 Å². The van der Waals surface area contributed by atoms with Crippen LogP contribution < -0.4 is 5.73 Å². The Morgan fingerprint density at radius 1 is 1.53 bits per heavy atom. The van der Waals surface area contributed by atoms with Crippen LogP contribution in [0.15, 0.2) is 11.1 Å². The SMILES string of the molecule is CCCSc1cc(N)n(CCN(C)C)n1. The molecule has 0 aliphatic carbocycles. The van der Waals surface area contributed by atoms with E-state index < -0.39 is 0 Å². The Balaban J connectivity index is 2.52. The molecule has 2 N–H and O–H groups in total. The van der Waals surface area contributed by atoms with Crippen molar-refractivity contribution in [2.75, 3.05) is 32.1 Å². The summed E-state index contributed by atoms with van der Waals surface area (Å²) >= 11 is 1.76. The molecule has 1 aromatic heterocycles. The predicted octanol–water partition coefficient (Wildman–Crippen LogP) is 1.53. The van der Waals surface area contributed by atoms with Gasteiger partial charge < -0.3 is 10.6 Å². The largest absolute Gasteiger partial charge is 0.384 e.